The van der Waals surface area contributed by atoms with Gasteiger partial charge >= 0.3 is 11.9 Å². The van der Waals surface area contributed by atoms with Gasteiger partial charge in [0.05, 0.1) is 17.8 Å². The van der Waals surface area contributed by atoms with Crippen LogP contribution in [-0.2, 0) is 23.9 Å². The summed E-state index contributed by atoms with van der Waals surface area (Å²) in [6, 6.07) is 20.5. The standard InChI is InChI=1S/C19H28N2O2.C14H16O3.C6H16N2/c1-5-16(15-10-7-6-8-11-15)17-14(2)18(22)21(19(17)23)13-9-12-20(3)4;1-3-11(10-7-5-4-6-8-10)12-9(2)13(15)17-14(12)16;1-6(2)8-5-3-4-7/h6-8,10-11,14,16-17H,5,9,12-13H2,1-4H3;4-9,11-12H,3H2,1-2H3;6,8H,3-5,7H2,1-2H3. The van der Waals surface area contributed by atoms with Crippen LogP contribution in [0.15, 0.2) is 60.7 Å². The lowest BCUT2D eigenvalue weighted by molar-refractivity contribution is -0.154. The zero-order valence-electron chi connectivity index (χ0n) is 30.5. The first kappa shape index (κ1) is 40.8. The number of hydrogen-bond donors (Lipinski definition) is 2. The number of nitrogens with two attached hydrogens (primary N) is 1. The lowest BCUT2D eigenvalue weighted by Gasteiger charge is -2.23. The fraction of sp³-hybridized carbons (Fsp3) is 0.590. The van der Waals surface area contributed by atoms with Crippen molar-refractivity contribution in [2.24, 2.45) is 29.4 Å². The monoisotopic (exact) mass is 664 g/mol. The fourth-order valence-corrected chi connectivity index (χ4v) is 6.60. The second-order valence-electron chi connectivity index (χ2n) is 13.5. The SMILES string of the molecule is CC(C)NCCCN.CCC(c1ccccc1)C1C(=O)N(CCCN(C)C)C(=O)C1C.CCC(c1ccccc1)C1C(=O)OC(=O)C1C. The van der Waals surface area contributed by atoms with E-state index in [1.54, 1.807) is 6.92 Å². The van der Waals surface area contributed by atoms with Crippen molar-refractivity contribution in [2.45, 2.75) is 85.1 Å². The van der Waals surface area contributed by atoms with Gasteiger partial charge < -0.3 is 20.7 Å². The predicted octanol–water partition coefficient (Wildman–Crippen LogP) is 5.60. The minimum absolute atomic E-state index is 0.00635. The molecule has 2 aliphatic heterocycles. The van der Waals surface area contributed by atoms with E-state index in [0.29, 0.717) is 12.6 Å². The molecule has 2 heterocycles. The molecule has 0 saturated carbocycles. The summed E-state index contributed by atoms with van der Waals surface area (Å²) < 4.78 is 4.71. The van der Waals surface area contributed by atoms with Crippen LogP contribution in [0.5, 0.6) is 0 Å². The molecule has 9 heteroatoms. The summed E-state index contributed by atoms with van der Waals surface area (Å²) in [6.45, 7) is 15.3. The van der Waals surface area contributed by atoms with Gasteiger partial charge in [-0.05, 0) is 82.4 Å². The molecule has 2 saturated heterocycles. The van der Waals surface area contributed by atoms with Crippen LogP contribution < -0.4 is 11.1 Å². The second-order valence-corrected chi connectivity index (χ2v) is 13.5. The smallest absolute Gasteiger partial charge is 0.318 e. The Balaban J connectivity index is 0.000000280. The van der Waals surface area contributed by atoms with Gasteiger partial charge in [0.1, 0.15) is 0 Å². The number of carbonyl (C=O) groups excluding carboxylic acids is 4. The molecule has 0 radical (unpaired) electrons. The van der Waals surface area contributed by atoms with Gasteiger partial charge in [-0.1, -0.05) is 102 Å². The normalized spacial score (nSPS) is 21.9. The summed E-state index contributed by atoms with van der Waals surface area (Å²) in [5, 5.41) is 3.27. The Labute approximate surface area is 289 Å². The first-order valence-electron chi connectivity index (χ1n) is 17.7. The van der Waals surface area contributed by atoms with Crippen molar-refractivity contribution in [2.75, 3.05) is 40.3 Å². The van der Waals surface area contributed by atoms with Crippen molar-refractivity contribution in [3.05, 3.63) is 71.8 Å². The Morgan fingerprint density at radius 2 is 1.29 bits per heavy atom. The fourth-order valence-electron chi connectivity index (χ4n) is 6.60. The second kappa shape index (κ2) is 20.9. The molecule has 0 aromatic heterocycles. The van der Waals surface area contributed by atoms with Gasteiger partial charge in [-0.15, -0.1) is 0 Å². The summed E-state index contributed by atoms with van der Waals surface area (Å²) in [5.41, 5.74) is 7.53. The van der Waals surface area contributed by atoms with E-state index in [4.69, 9.17) is 10.5 Å². The maximum atomic E-state index is 12.9. The van der Waals surface area contributed by atoms with E-state index in [-0.39, 0.29) is 53.3 Å². The van der Waals surface area contributed by atoms with E-state index in [9.17, 15) is 19.2 Å². The molecule has 48 heavy (non-hydrogen) atoms. The van der Waals surface area contributed by atoms with E-state index in [1.807, 2.05) is 76.5 Å². The van der Waals surface area contributed by atoms with E-state index < -0.39 is 5.97 Å². The maximum Gasteiger partial charge on any atom is 0.318 e. The number of nitrogens with one attached hydrogen (secondary N) is 1. The topological polar surface area (TPSA) is 122 Å². The third kappa shape index (κ3) is 11.6. The number of ether oxygens (including phenoxy) is 1. The maximum absolute atomic E-state index is 12.9. The third-order valence-corrected chi connectivity index (χ3v) is 9.25. The summed E-state index contributed by atoms with van der Waals surface area (Å²) in [5.74, 6) is -1.73. The van der Waals surface area contributed by atoms with Crippen molar-refractivity contribution in [3.8, 4) is 0 Å². The highest BCUT2D eigenvalue weighted by Crippen LogP contribution is 2.40. The number of esters is 2. The number of rotatable bonds is 14. The van der Waals surface area contributed by atoms with Crippen LogP contribution in [0.3, 0.4) is 0 Å². The molecule has 2 aromatic rings. The third-order valence-electron chi connectivity index (χ3n) is 9.25. The highest BCUT2D eigenvalue weighted by atomic mass is 16.6. The Bertz CT molecular complexity index is 1270. The quantitative estimate of drug-likeness (QED) is 0.116. The highest BCUT2D eigenvalue weighted by molar-refractivity contribution is 6.05. The molecule has 0 spiro atoms. The lowest BCUT2D eigenvalue weighted by Crippen LogP contribution is -2.34. The van der Waals surface area contributed by atoms with E-state index in [1.165, 1.54) is 4.90 Å². The number of amides is 2. The number of nitrogens with zero attached hydrogens (tertiary/aromatic N) is 2. The molecule has 2 fully saturated rings. The van der Waals surface area contributed by atoms with Crippen LogP contribution >= 0.6 is 0 Å². The van der Waals surface area contributed by atoms with Crippen molar-refractivity contribution in [3.63, 3.8) is 0 Å². The summed E-state index contributed by atoms with van der Waals surface area (Å²) >= 11 is 0. The summed E-state index contributed by atoms with van der Waals surface area (Å²) in [4.78, 5) is 52.1. The van der Waals surface area contributed by atoms with Crippen molar-refractivity contribution in [1.82, 2.24) is 15.1 Å². The average molecular weight is 665 g/mol. The van der Waals surface area contributed by atoms with Crippen LogP contribution in [0.2, 0.25) is 0 Å². The Morgan fingerprint density at radius 1 is 0.771 bits per heavy atom. The van der Waals surface area contributed by atoms with Gasteiger partial charge in [-0.3, -0.25) is 24.1 Å². The number of imide groups is 1. The number of hydrogen-bond acceptors (Lipinski definition) is 8. The molecule has 6 atom stereocenters. The van der Waals surface area contributed by atoms with E-state index in [0.717, 1.165) is 56.4 Å². The Hall–Kier alpha value is -3.40. The van der Waals surface area contributed by atoms with E-state index in [2.05, 4.69) is 43.1 Å². The number of cyclic esters (lactones) is 2. The zero-order valence-corrected chi connectivity index (χ0v) is 30.5. The van der Waals surface area contributed by atoms with Crippen LogP contribution in [-0.4, -0.2) is 79.9 Å². The van der Waals surface area contributed by atoms with Crippen molar-refractivity contribution in [1.29, 1.82) is 0 Å². The average Bonchev–Trinajstić information content (AvgIpc) is 3.44. The first-order valence-corrected chi connectivity index (χ1v) is 17.7. The van der Waals surface area contributed by atoms with Crippen LogP contribution in [0.4, 0.5) is 0 Å². The summed E-state index contributed by atoms with van der Waals surface area (Å²) in [7, 11) is 4.00. The lowest BCUT2D eigenvalue weighted by atomic mass is 9.78. The molecule has 0 aliphatic carbocycles. The van der Waals surface area contributed by atoms with Gasteiger partial charge in [-0.25, -0.2) is 0 Å². The van der Waals surface area contributed by atoms with Crippen molar-refractivity contribution >= 4 is 23.8 Å². The van der Waals surface area contributed by atoms with Crippen molar-refractivity contribution < 1.29 is 23.9 Å². The molecule has 2 aromatic carbocycles. The van der Waals surface area contributed by atoms with Crippen LogP contribution in [0.1, 0.15) is 90.2 Å². The molecule has 266 valence electrons. The molecule has 0 bridgehead atoms. The van der Waals surface area contributed by atoms with Gasteiger partial charge in [0.2, 0.25) is 11.8 Å². The molecular formula is C39H60N4O5. The Morgan fingerprint density at radius 3 is 1.71 bits per heavy atom. The number of benzene rings is 2. The molecular weight excluding hydrogens is 604 g/mol. The first-order chi connectivity index (χ1) is 22.9. The van der Waals surface area contributed by atoms with Gasteiger partial charge in [0, 0.05) is 18.5 Å². The number of likely N-dealkylation sites (tertiary alicyclic amines) is 1. The molecule has 4 rings (SSSR count). The largest absolute Gasteiger partial charge is 0.393 e. The van der Waals surface area contributed by atoms with E-state index >= 15 is 0 Å². The van der Waals surface area contributed by atoms with Crippen LogP contribution in [0.25, 0.3) is 0 Å². The van der Waals surface area contributed by atoms with Crippen LogP contribution in [0, 0.1) is 23.7 Å². The van der Waals surface area contributed by atoms with Gasteiger partial charge in [-0.2, -0.15) is 0 Å². The molecule has 9 nitrogen and oxygen atoms in total. The van der Waals surface area contributed by atoms with Gasteiger partial charge in [0.15, 0.2) is 0 Å². The molecule has 6 unspecified atom stereocenters. The zero-order chi connectivity index (χ0) is 35.8. The Kier molecular flexibility index (Phi) is 17.7. The number of carbonyl (C=O) groups is 4. The minimum Gasteiger partial charge on any atom is -0.393 e. The molecule has 3 N–H and O–H groups in total. The van der Waals surface area contributed by atoms with Gasteiger partial charge in [0.25, 0.3) is 0 Å². The summed E-state index contributed by atoms with van der Waals surface area (Å²) in [6.07, 6.45) is 3.59. The predicted molar refractivity (Wildman–Crippen MR) is 192 cm³/mol. The molecule has 2 aliphatic rings. The minimum atomic E-state index is -0.394. The highest BCUT2D eigenvalue weighted by Gasteiger charge is 2.48. The molecule has 2 amide bonds.